The van der Waals surface area contributed by atoms with E-state index in [1.54, 1.807) is 19.2 Å². The fourth-order valence-corrected chi connectivity index (χ4v) is 3.17. The number of aryl methyl sites for hydroxylation is 1. The highest BCUT2D eigenvalue weighted by Crippen LogP contribution is 2.23. The highest BCUT2D eigenvalue weighted by molar-refractivity contribution is 7.12. The highest BCUT2D eigenvalue weighted by Gasteiger charge is 2.19. The number of ether oxygens (including phenoxy) is 1. The zero-order chi connectivity index (χ0) is 20.0. The van der Waals surface area contributed by atoms with Crippen LogP contribution in [-0.4, -0.2) is 40.1 Å². The fraction of sp³-hybridized carbons (Fsp3) is 0.333. The second-order valence-electron chi connectivity index (χ2n) is 5.74. The highest BCUT2D eigenvalue weighted by atomic mass is 32.1. The van der Waals surface area contributed by atoms with Gasteiger partial charge in [0.15, 0.2) is 11.2 Å². The van der Waals surface area contributed by atoms with E-state index in [2.05, 4.69) is 15.6 Å². The molecule has 0 spiro atoms. The zero-order valence-electron chi connectivity index (χ0n) is 15.6. The van der Waals surface area contributed by atoms with Crippen LogP contribution in [0.1, 0.15) is 30.8 Å². The number of hydrogen-bond acceptors (Lipinski definition) is 6. The van der Waals surface area contributed by atoms with Crippen LogP contribution in [0.15, 0.2) is 23.7 Å². The van der Waals surface area contributed by atoms with Crippen LogP contribution in [0.4, 0.5) is 4.79 Å². The average molecular weight is 390 g/mol. The summed E-state index contributed by atoms with van der Waals surface area (Å²) < 4.78 is 7.03. The van der Waals surface area contributed by atoms with Crippen molar-refractivity contribution < 1.29 is 19.1 Å². The number of carbonyl (C=O) groups excluding carboxylic acids is 3. The van der Waals surface area contributed by atoms with Crippen LogP contribution in [0.2, 0.25) is 0 Å². The largest absolute Gasteiger partial charge is 0.449 e. The van der Waals surface area contributed by atoms with Crippen molar-refractivity contribution in [1.82, 2.24) is 20.2 Å². The van der Waals surface area contributed by atoms with Crippen molar-refractivity contribution in [3.63, 3.8) is 0 Å². The first kappa shape index (κ1) is 20.4. The normalized spacial score (nSPS) is 12.0. The number of aromatic nitrogens is 2. The molecule has 1 atom stereocenters. The van der Waals surface area contributed by atoms with Crippen LogP contribution in [-0.2, 0) is 14.3 Å². The van der Waals surface area contributed by atoms with Crippen molar-refractivity contribution in [2.75, 3.05) is 6.54 Å². The summed E-state index contributed by atoms with van der Waals surface area (Å²) in [6.45, 7) is 7.40. The second kappa shape index (κ2) is 9.13. The van der Waals surface area contributed by atoms with Gasteiger partial charge in [0, 0.05) is 35.6 Å². The molecule has 0 aliphatic rings. The SMILES string of the molecule is CCNC(=O)NC(=O)C(C)OC(=O)/C=C/c1cc(C)n(-c2nccs2)c1C. The number of thiazole rings is 1. The molecule has 2 heterocycles. The second-order valence-corrected chi connectivity index (χ2v) is 6.61. The number of carbonyl (C=O) groups is 3. The van der Waals surface area contributed by atoms with Crippen molar-refractivity contribution in [2.45, 2.75) is 33.8 Å². The number of rotatable bonds is 6. The predicted molar refractivity (Wildman–Crippen MR) is 103 cm³/mol. The fourth-order valence-electron chi connectivity index (χ4n) is 2.42. The summed E-state index contributed by atoms with van der Waals surface area (Å²) in [5, 5.41) is 7.27. The minimum Gasteiger partial charge on any atom is -0.449 e. The van der Waals surface area contributed by atoms with Crippen LogP contribution in [0, 0.1) is 13.8 Å². The monoisotopic (exact) mass is 390 g/mol. The summed E-state index contributed by atoms with van der Waals surface area (Å²) >= 11 is 1.52. The summed E-state index contributed by atoms with van der Waals surface area (Å²) in [7, 11) is 0. The van der Waals surface area contributed by atoms with E-state index in [0.717, 1.165) is 22.1 Å². The number of urea groups is 1. The van der Waals surface area contributed by atoms with Gasteiger partial charge in [-0.05, 0) is 45.4 Å². The first-order valence-corrected chi connectivity index (χ1v) is 9.27. The van der Waals surface area contributed by atoms with E-state index in [0.29, 0.717) is 6.54 Å². The molecule has 2 N–H and O–H groups in total. The van der Waals surface area contributed by atoms with Gasteiger partial charge < -0.3 is 10.1 Å². The third-order valence-corrected chi connectivity index (χ3v) is 4.47. The lowest BCUT2D eigenvalue weighted by Crippen LogP contribution is -2.44. The molecule has 1 unspecified atom stereocenters. The summed E-state index contributed by atoms with van der Waals surface area (Å²) in [6.07, 6.45) is 3.53. The van der Waals surface area contributed by atoms with Gasteiger partial charge in [-0.3, -0.25) is 14.7 Å². The van der Waals surface area contributed by atoms with Gasteiger partial charge in [0.1, 0.15) is 0 Å². The maximum atomic E-state index is 12.0. The van der Waals surface area contributed by atoms with E-state index >= 15 is 0 Å². The van der Waals surface area contributed by atoms with E-state index < -0.39 is 24.0 Å². The molecule has 0 aliphatic carbocycles. The van der Waals surface area contributed by atoms with Crippen molar-refractivity contribution in [3.05, 3.63) is 40.7 Å². The Hall–Kier alpha value is -2.94. The summed E-state index contributed by atoms with van der Waals surface area (Å²) in [6, 6.07) is 1.31. The molecular formula is C18H22N4O4S. The molecule has 2 rings (SSSR count). The molecule has 0 radical (unpaired) electrons. The molecule has 3 amide bonds. The van der Waals surface area contributed by atoms with Gasteiger partial charge in [-0.15, -0.1) is 11.3 Å². The lowest BCUT2D eigenvalue weighted by Gasteiger charge is -2.11. The van der Waals surface area contributed by atoms with Crippen LogP contribution >= 0.6 is 11.3 Å². The Morgan fingerprint density at radius 3 is 2.74 bits per heavy atom. The lowest BCUT2D eigenvalue weighted by molar-refractivity contribution is -0.149. The maximum absolute atomic E-state index is 12.0. The van der Waals surface area contributed by atoms with Gasteiger partial charge in [-0.2, -0.15) is 0 Å². The van der Waals surface area contributed by atoms with Crippen molar-refractivity contribution in [2.24, 2.45) is 0 Å². The number of imide groups is 1. The van der Waals surface area contributed by atoms with Crippen LogP contribution < -0.4 is 10.6 Å². The third kappa shape index (κ3) is 5.27. The van der Waals surface area contributed by atoms with E-state index in [1.807, 2.05) is 29.9 Å². The average Bonchev–Trinajstić information content (AvgIpc) is 3.21. The van der Waals surface area contributed by atoms with Crippen molar-refractivity contribution >= 4 is 35.3 Å². The number of nitrogens with zero attached hydrogens (tertiary/aromatic N) is 2. The molecular weight excluding hydrogens is 368 g/mol. The molecule has 0 saturated carbocycles. The Kier molecular flexibility index (Phi) is 6.89. The predicted octanol–water partition coefficient (Wildman–Crippen LogP) is 2.34. The molecule has 0 aromatic carbocycles. The van der Waals surface area contributed by atoms with Gasteiger partial charge in [-0.25, -0.2) is 14.6 Å². The van der Waals surface area contributed by atoms with E-state index in [4.69, 9.17) is 4.74 Å². The third-order valence-electron chi connectivity index (χ3n) is 3.72. The first-order valence-electron chi connectivity index (χ1n) is 8.39. The Balaban J connectivity index is 2.00. The van der Waals surface area contributed by atoms with E-state index in [-0.39, 0.29) is 0 Å². The summed E-state index contributed by atoms with van der Waals surface area (Å²) in [5.74, 6) is -1.36. The van der Waals surface area contributed by atoms with Crippen LogP contribution in [0.25, 0.3) is 11.2 Å². The van der Waals surface area contributed by atoms with Crippen LogP contribution in [0.5, 0.6) is 0 Å². The van der Waals surface area contributed by atoms with Gasteiger partial charge >= 0.3 is 12.0 Å². The zero-order valence-corrected chi connectivity index (χ0v) is 16.4. The molecule has 8 nitrogen and oxygen atoms in total. The van der Waals surface area contributed by atoms with Crippen molar-refractivity contribution in [3.8, 4) is 5.13 Å². The molecule has 27 heavy (non-hydrogen) atoms. The summed E-state index contributed by atoms with van der Waals surface area (Å²) in [5.41, 5.74) is 2.78. The molecule has 144 valence electrons. The number of esters is 1. The summed E-state index contributed by atoms with van der Waals surface area (Å²) in [4.78, 5) is 39.4. The maximum Gasteiger partial charge on any atom is 0.331 e. The molecule has 0 fully saturated rings. The Bertz CT molecular complexity index is 855. The molecule has 9 heteroatoms. The smallest absolute Gasteiger partial charge is 0.331 e. The molecule has 2 aromatic rings. The molecule has 0 saturated heterocycles. The Morgan fingerprint density at radius 1 is 1.37 bits per heavy atom. The standard InChI is InChI=1S/C18H22N4O4S/c1-5-19-17(25)21-16(24)13(4)26-15(23)7-6-14-10-11(2)22(12(14)3)18-20-8-9-27-18/h6-10,13H,5H2,1-4H3,(H2,19,21,24,25)/b7-6+. The van der Waals surface area contributed by atoms with E-state index in [9.17, 15) is 14.4 Å². The van der Waals surface area contributed by atoms with Gasteiger partial charge in [0.2, 0.25) is 0 Å². The van der Waals surface area contributed by atoms with Gasteiger partial charge in [-0.1, -0.05) is 0 Å². The lowest BCUT2D eigenvalue weighted by atomic mass is 10.2. The molecule has 0 bridgehead atoms. The number of amides is 3. The quantitative estimate of drug-likeness (QED) is 0.582. The minimum atomic E-state index is -1.09. The van der Waals surface area contributed by atoms with Gasteiger partial charge in [0.05, 0.1) is 0 Å². The van der Waals surface area contributed by atoms with E-state index in [1.165, 1.54) is 24.3 Å². The minimum absolute atomic E-state index is 0.384. The first-order chi connectivity index (χ1) is 12.8. The topological polar surface area (TPSA) is 102 Å². The van der Waals surface area contributed by atoms with Crippen molar-refractivity contribution in [1.29, 1.82) is 0 Å². The number of nitrogens with one attached hydrogen (secondary N) is 2. The number of hydrogen-bond donors (Lipinski definition) is 2. The van der Waals surface area contributed by atoms with Crippen LogP contribution in [0.3, 0.4) is 0 Å². The Morgan fingerprint density at radius 2 is 2.11 bits per heavy atom. The molecule has 2 aromatic heterocycles. The Labute approximate surface area is 161 Å². The molecule has 0 aliphatic heterocycles. The van der Waals surface area contributed by atoms with Gasteiger partial charge in [0.25, 0.3) is 5.91 Å².